The number of rotatable bonds is 3. The van der Waals surface area contributed by atoms with Crippen molar-refractivity contribution in [2.75, 3.05) is 0 Å². The second-order valence-electron chi connectivity index (χ2n) is 9.79. The Morgan fingerprint density at radius 2 is 1.00 bits per heavy atom. The van der Waals surface area contributed by atoms with Crippen LogP contribution in [0.5, 0.6) is 0 Å². The SMILES string of the molecule is Cc1ccc2ccccc2c1B(c1c(C)ccc2ccccc12)c1cccc2c1oc1ccccc12. The van der Waals surface area contributed by atoms with Crippen LogP contribution in [0.3, 0.4) is 0 Å². The summed E-state index contributed by atoms with van der Waals surface area (Å²) in [5.74, 6) is 0. The summed E-state index contributed by atoms with van der Waals surface area (Å²) in [6.07, 6.45) is 0. The fraction of sp³-hybridized carbons (Fsp3) is 0.0588. The van der Waals surface area contributed by atoms with Crippen molar-refractivity contribution in [2.45, 2.75) is 13.8 Å². The second-order valence-corrected chi connectivity index (χ2v) is 9.79. The topological polar surface area (TPSA) is 13.1 Å². The van der Waals surface area contributed by atoms with Gasteiger partial charge in [-0.15, -0.1) is 0 Å². The first-order chi connectivity index (χ1) is 17.7. The molecule has 0 unspecified atom stereocenters. The zero-order chi connectivity index (χ0) is 24.2. The molecule has 1 heterocycles. The van der Waals surface area contributed by atoms with E-state index in [1.165, 1.54) is 54.4 Å². The quantitative estimate of drug-likeness (QED) is 0.258. The highest BCUT2D eigenvalue weighted by Gasteiger charge is 2.31. The zero-order valence-corrected chi connectivity index (χ0v) is 20.5. The number of hydrogen-bond acceptors (Lipinski definition) is 1. The summed E-state index contributed by atoms with van der Waals surface area (Å²) in [5.41, 5.74) is 8.40. The molecule has 0 atom stereocenters. The molecule has 0 spiro atoms. The molecule has 170 valence electrons. The monoisotopic (exact) mass is 460 g/mol. The number of hydrogen-bond donors (Lipinski definition) is 0. The van der Waals surface area contributed by atoms with Gasteiger partial charge < -0.3 is 4.42 Å². The average Bonchev–Trinajstić information content (AvgIpc) is 3.30. The van der Waals surface area contributed by atoms with Crippen molar-refractivity contribution in [3.05, 3.63) is 126 Å². The molecule has 0 radical (unpaired) electrons. The highest BCUT2D eigenvalue weighted by atomic mass is 16.3. The van der Waals surface area contributed by atoms with Crippen molar-refractivity contribution in [1.82, 2.24) is 0 Å². The fourth-order valence-corrected chi connectivity index (χ4v) is 6.03. The fourth-order valence-electron chi connectivity index (χ4n) is 6.03. The van der Waals surface area contributed by atoms with E-state index >= 15 is 0 Å². The Morgan fingerprint density at radius 1 is 0.472 bits per heavy atom. The normalized spacial score (nSPS) is 11.6. The number of benzene rings is 6. The molecule has 2 heteroatoms. The third-order valence-electron chi connectivity index (χ3n) is 7.70. The molecule has 0 N–H and O–H groups in total. The summed E-state index contributed by atoms with van der Waals surface area (Å²) in [7, 11) is 0. The first kappa shape index (κ1) is 21.0. The van der Waals surface area contributed by atoms with Gasteiger partial charge in [-0.2, -0.15) is 0 Å². The Morgan fingerprint density at radius 3 is 1.64 bits per heavy atom. The van der Waals surface area contributed by atoms with Crippen LogP contribution in [0.15, 0.2) is 120 Å². The molecule has 36 heavy (non-hydrogen) atoms. The summed E-state index contributed by atoms with van der Waals surface area (Å²) in [5, 5.41) is 7.45. The molecule has 0 aliphatic carbocycles. The Hall–Kier alpha value is -4.30. The molecule has 0 saturated carbocycles. The molecule has 1 nitrogen and oxygen atoms in total. The predicted octanol–water partition coefficient (Wildman–Crippen LogP) is 7.03. The van der Waals surface area contributed by atoms with E-state index in [0.29, 0.717) is 0 Å². The maximum absolute atomic E-state index is 6.61. The lowest BCUT2D eigenvalue weighted by Crippen LogP contribution is -2.54. The lowest BCUT2D eigenvalue weighted by atomic mass is 9.34. The van der Waals surface area contributed by atoms with Crippen LogP contribution in [-0.2, 0) is 0 Å². The van der Waals surface area contributed by atoms with Gasteiger partial charge in [0, 0.05) is 10.8 Å². The number of aryl methyl sites for hydroxylation is 2. The maximum atomic E-state index is 6.61. The van der Waals surface area contributed by atoms with Gasteiger partial charge in [-0.25, -0.2) is 0 Å². The maximum Gasteiger partial charge on any atom is 0.248 e. The van der Waals surface area contributed by atoms with E-state index in [0.717, 1.165) is 16.6 Å². The van der Waals surface area contributed by atoms with Gasteiger partial charge >= 0.3 is 0 Å². The smallest absolute Gasteiger partial charge is 0.248 e. The summed E-state index contributed by atoms with van der Waals surface area (Å²) in [6, 6.07) is 41.5. The van der Waals surface area contributed by atoms with Crippen LogP contribution >= 0.6 is 0 Å². The van der Waals surface area contributed by atoms with Crippen LogP contribution in [0.25, 0.3) is 43.5 Å². The Balaban J connectivity index is 1.67. The third-order valence-corrected chi connectivity index (χ3v) is 7.70. The van der Waals surface area contributed by atoms with Crippen molar-refractivity contribution < 1.29 is 4.42 Å². The summed E-state index contributed by atoms with van der Waals surface area (Å²) >= 11 is 0. The van der Waals surface area contributed by atoms with E-state index in [9.17, 15) is 0 Å². The Bertz CT molecular complexity index is 1840. The van der Waals surface area contributed by atoms with Crippen LogP contribution < -0.4 is 16.4 Å². The minimum Gasteiger partial charge on any atom is -0.457 e. The molecular formula is C34H25BO. The number of para-hydroxylation sites is 2. The van der Waals surface area contributed by atoms with Crippen LogP contribution in [0.4, 0.5) is 0 Å². The van der Waals surface area contributed by atoms with Gasteiger partial charge in [0.15, 0.2) is 0 Å². The van der Waals surface area contributed by atoms with E-state index in [2.05, 4.69) is 123 Å². The van der Waals surface area contributed by atoms with Crippen LogP contribution in [-0.4, -0.2) is 6.71 Å². The number of fused-ring (bicyclic) bond motifs is 5. The molecule has 7 rings (SSSR count). The minimum atomic E-state index is 0.0199. The molecule has 1 aromatic heterocycles. The molecule has 0 bridgehead atoms. The first-order valence-corrected chi connectivity index (χ1v) is 12.6. The largest absolute Gasteiger partial charge is 0.457 e. The van der Waals surface area contributed by atoms with Gasteiger partial charge in [-0.05, 0) is 46.9 Å². The Labute approximate surface area is 211 Å². The predicted molar refractivity (Wildman–Crippen MR) is 156 cm³/mol. The minimum absolute atomic E-state index is 0.0199. The van der Waals surface area contributed by atoms with Crippen molar-refractivity contribution in [2.24, 2.45) is 0 Å². The molecule has 0 amide bonds. The van der Waals surface area contributed by atoms with Crippen molar-refractivity contribution >= 4 is 66.6 Å². The zero-order valence-electron chi connectivity index (χ0n) is 20.5. The highest BCUT2D eigenvalue weighted by molar-refractivity contribution is 6.99. The molecule has 7 aromatic rings. The van der Waals surface area contributed by atoms with Gasteiger partial charge in [0.05, 0.1) is 0 Å². The highest BCUT2D eigenvalue weighted by Crippen LogP contribution is 2.28. The van der Waals surface area contributed by atoms with E-state index in [-0.39, 0.29) is 6.71 Å². The van der Waals surface area contributed by atoms with Gasteiger partial charge in [-0.1, -0.05) is 131 Å². The van der Waals surface area contributed by atoms with Gasteiger partial charge in [0.2, 0.25) is 6.71 Å². The third kappa shape index (κ3) is 3.11. The molecule has 0 aliphatic rings. The molecule has 0 fully saturated rings. The van der Waals surface area contributed by atoms with E-state index < -0.39 is 0 Å². The van der Waals surface area contributed by atoms with Gasteiger partial charge in [-0.3, -0.25) is 0 Å². The van der Waals surface area contributed by atoms with Crippen LogP contribution in [0.1, 0.15) is 11.1 Å². The summed E-state index contributed by atoms with van der Waals surface area (Å²) < 4.78 is 6.61. The lowest BCUT2D eigenvalue weighted by Gasteiger charge is -2.23. The van der Waals surface area contributed by atoms with Crippen molar-refractivity contribution in [3.8, 4) is 0 Å². The van der Waals surface area contributed by atoms with E-state index in [1.54, 1.807) is 0 Å². The van der Waals surface area contributed by atoms with Crippen LogP contribution in [0, 0.1) is 13.8 Å². The van der Waals surface area contributed by atoms with E-state index in [4.69, 9.17) is 4.42 Å². The van der Waals surface area contributed by atoms with Crippen molar-refractivity contribution in [3.63, 3.8) is 0 Å². The average molecular weight is 460 g/mol. The second kappa shape index (κ2) is 8.14. The Kier molecular flexibility index (Phi) is 4.75. The molecular weight excluding hydrogens is 435 g/mol. The summed E-state index contributed by atoms with van der Waals surface area (Å²) in [6.45, 7) is 4.51. The van der Waals surface area contributed by atoms with Crippen LogP contribution in [0.2, 0.25) is 0 Å². The van der Waals surface area contributed by atoms with Gasteiger partial charge in [0.1, 0.15) is 11.2 Å². The standard InChI is InChI=1S/C34H25BO/c1-22-18-20-24-10-3-5-12-26(24)32(22)35(33-23(2)19-21-25-11-4-6-13-27(25)33)30-16-9-15-29-28-14-7-8-17-31(28)36-34(29)30/h3-21H,1-2H3. The molecule has 6 aromatic carbocycles. The number of furan rings is 1. The summed E-state index contributed by atoms with van der Waals surface area (Å²) in [4.78, 5) is 0. The lowest BCUT2D eigenvalue weighted by molar-refractivity contribution is 0.671. The molecule has 0 aliphatic heterocycles. The van der Waals surface area contributed by atoms with Gasteiger partial charge in [0.25, 0.3) is 0 Å². The van der Waals surface area contributed by atoms with Crippen molar-refractivity contribution in [1.29, 1.82) is 0 Å². The molecule has 0 saturated heterocycles. The van der Waals surface area contributed by atoms with E-state index in [1.807, 2.05) is 6.07 Å². The first-order valence-electron chi connectivity index (χ1n) is 12.6.